The fraction of sp³-hybridized carbons (Fsp3) is 0.286. The number of hydrogen-bond acceptors (Lipinski definition) is 3. The van der Waals surface area contributed by atoms with Crippen LogP contribution in [0, 0.1) is 5.41 Å². The summed E-state index contributed by atoms with van der Waals surface area (Å²) < 4.78 is 7.40. The van der Waals surface area contributed by atoms with Crippen LogP contribution in [0.4, 0.5) is 0 Å². The number of ether oxygens (including phenoxy) is 1. The van der Waals surface area contributed by atoms with Crippen LogP contribution < -0.4 is 4.74 Å². The summed E-state index contributed by atoms with van der Waals surface area (Å²) in [5.41, 5.74) is -0.106. The average molecular weight is 278 g/mol. The van der Waals surface area contributed by atoms with Gasteiger partial charge in [0.05, 0.1) is 19.0 Å². The molecule has 2 aromatic rings. The predicted octanol–water partition coefficient (Wildman–Crippen LogP) is 3.51. The van der Waals surface area contributed by atoms with Crippen LogP contribution in [-0.4, -0.2) is 21.6 Å². The molecule has 0 aliphatic rings. The third-order valence-electron chi connectivity index (χ3n) is 2.54. The summed E-state index contributed by atoms with van der Waals surface area (Å²) in [7, 11) is 0. The van der Waals surface area contributed by atoms with Gasteiger partial charge in [0.1, 0.15) is 5.75 Å². The zero-order chi connectivity index (χ0) is 13.7. The van der Waals surface area contributed by atoms with Gasteiger partial charge in [-0.1, -0.05) is 36.7 Å². The Kier molecular flexibility index (Phi) is 4.22. The van der Waals surface area contributed by atoms with Gasteiger partial charge >= 0.3 is 0 Å². The molecular formula is C14H16ClN3O. The molecular weight excluding hydrogens is 262 g/mol. The first-order chi connectivity index (χ1) is 9.05. The molecule has 1 aromatic carbocycles. The van der Waals surface area contributed by atoms with Crippen LogP contribution in [0.1, 0.15) is 13.8 Å². The van der Waals surface area contributed by atoms with Gasteiger partial charge in [-0.3, -0.25) is 0 Å². The van der Waals surface area contributed by atoms with E-state index in [-0.39, 0.29) is 5.41 Å². The number of hydrogen-bond donors (Lipinski definition) is 0. The van der Waals surface area contributed by atoms with Crippen LogP contribution in [0.3, 0.4) is 0 Å². The van der Waals surface area contributed by atoms with E-state index in [1.807, 2.05) is 36.5 Å². The lowest BCUT2D eigenvalue weighted by atomic mass is 9.95. The maximum Gasteiger partial charge on any atom is 0.119 e. The van der Waals surface area contributed by atoms with Crippen molar-refractivity contribution in [2.24, 2.45) is 5.41 Å². The van der Waals surface area contributed by atoms with Gasteiger partial charge in [0.2, 0.25) is 0 Å². The Morgan fingerprint density at radius 2 is 2.05 bits per heavy atom. The van der Waals surface area contributed by atoms with Crippen molar-refractivity contribution < 1.29 is 4.74 Å². The maximum atomic E-state index is 5.83. The summed E-state index contributed by atoms with van der Waals surface area (Å²) in [6, 6.07) is 7.35. The van der Waals surface area contributed by atoms with Crippen molar-refractivity contribution in [3.8, 4) is 5.75 Å². The summed E-state index contributed by atoms with van der Waals surface area (Å²) in [5, 5.41) is 8.32. The second-order valence-corrected chi connectivity index (χ2v) is 5.37. The first-order valence-corrected chi connectivity index (χ1v) is 6.36. The zero-order valence-electron chi connectivity index (χ0n) is 11.0. The van der Waals surface area contributed by atoms with Crippen LogP contribution in [0.2, 0.25) is 5.02 Å². The lowest BCUT2D eigenvalue weighted by Crippen LogP contribution is -2.18. The molecule has 1 aromatic heterocycles. The van der Waals surface area contributed by atoms with E-state index in [1.54, 1.807) is 17.1 Å². The number of nitrogens with zero attached hydrogens (tertiary/aromatic N) is 3. The lowest BCUT2D eigenvalue weighted by Gasteiger charge is -2.20. The summed E-state index contributed by atoms with van der Waals surface area (Å²) in [5.74, 6) is 0.812. The van der Waals surface area contributed by atoms with E-state index in [2.05, 4.69) is 24.2 Å². The minimum absolute atomic E-state index is 0.106. The monoisotopic (exact) mass is 277 g/mol. The standard InChI is InChI=1S/C14H16ClN3O/c1-14(2,7-9-18-10-8-16-17-18)11-19-13-5-3-12(15)4-6-13/h3-10H,11H2,1-2H3. The van der Waals surface area contributed by atoms with Gasteiger partial charge in [-0.2, -0.15) is 0 Å². The smallest absolute Gasteiger partial charge is 0.119 e. The van der Waals surface area contributed by atoms with Gasteiger partial charge in [0, 0.05) is 16.6 Å². The summed E-state index contributed by atoms with van der Waals surface area (Å²) in [6.07, 6.45) is 7.34. The Balaban J connectivity index is 1.92. The molecule has 0 amide bonds. The number of rotatable bonds is 5. The third-order valence-corrected chi connectivity index (χ3v) is 2.80. The highest BCUT2D eigenvalue weighted by Crippen LogP contribution is 2.21. The third kappa shape index (κ3) is 4.41. The molecule has 2 rings (SSSR count). The Morgan fingerprint density at radius 3 is 2.68 bits per heavy atom. The Labute approximate surface area is 117 Å². The van der Waals surface area contributed by atoms with Crippen molar-refractivity contribution in [2.75, 3.05) is 6.61 Å². The summed E-state index contributed by atoms with van der Waals surface area (Å²) in [4.78, 5) is 0. The largest absolute Gasteiger partial charge is 0.493 e. The molecule has 19 heavy (non-hydrogen) atoms. The van der Waals surface area contributed by atoms with E-state index in [0.717, 1.165) is 5.75 Å². The fourth-order valence-corrected chi connectivity index (χ4v) is 1.55. The molecule has 0 aliphatic heterocycles. The Hall–Kier alpha value is -1.81. The highest BCUT2D eigenvalue weighted by atomic mass is 35.5. The first kappa shape index (κ1) is 13.6. The minimum atomic E-state index is -0.106. The molecule has 1 heterocycles. The van der Waals surface area contributed by atoms with Crippen LogP contribution in [-0.2, 0) is 0 Å². The van der Waals surface area contributed by atoms with Crippen molar-refractivity contribution >= 4 is 17.8 Å². The van der Waals surface area contributed by atoms with Crippen molar-refractivity contribution in [3.63, 3.8) is 0 Å². The van der Waals surface area contributed by atoms with E-state index in [0.29, 0.717) is 11.6 Å². The highest BCUT2D eigenvalue weighted by Gasteiger charge is 2.15. The van der Waals surface area contributed by atoms with Crippen LogP contribution in [0.25, 0.3) is 6.20 Å². The number of aromatic nitrogens is 3. The van der Waals surface area contributed by atoms with E-state index in [9.17, 15) is 0 Å². The number of halogens is 1. The van der Waals surface area contributed by atoms with E-state index >= 15 is 0 Å². The van der Waals surface area contributed by atoms with Gasteiger partial charge in [-0.15, -0.1) is 5.10 Å². The van der Waals surface area contributed by atoms with Gasteiger partial charge in [-0.05, 0) is 24.3 Å². The quantitative estimate of drug-likeness (QED) is 0.840. The van der Waals surface area contributed by atoms with Gasteiger partial charge < -0.3 is 4.74 Å². The summed E-state index contributed by atoms with van der Waals surface area (Å²) >= 11 is 5.83. The average Bonchev–Trinajstić information content (AvgIpc) is 2.89. The molecule has 0 aliphatic carbocycles. The molecule has 0 bridgehead atoms. The maximum absolute atomic E-state index is 5.83. The molecule has 0 unspecified atom stereocenters. The molecule has 0 saturated carbocycles. The molecule has 0 spiro atoms. The van der Waals surface area contributed by atoms with Crippen LogP contribution in [0.5, 0.6) is 5.75 Å². The van der Waals surface area contributed by atoms with E-state index in [1.165, 1.54) is 0 Å². The second-order valence-electron chi connectivity index (χ2n) is 4.93. The predicted molar refractivity (Wildman–Crippen MR) is 76.1 cm³/mol. The van der Waals surface area contributed by atoms with Crippen molar-refractivity contribution in [2.45, 2.75) is 13.8 Å². The lowest BCUT2D eigenvalue weighted by molar-refractivity contribution is 0.222. The SMILES string of the molecule is CC(C)(C=Cn1ccnn1)COc1ccc(Cl)cc1. The molecule has 0 fully saturated rings. The zero-order valence-corrected chi connectivity index (χ0v) is 11.7. The van der Waals surface area contributed by atoms with Gasteiger partial charge in [0.15, 0.2) is 0 Å². The normalized spacial score (nSPS) is 11.9. The van der Waals surface area contributed by atoms with Crippen molar-refractivity contribution in [1.82, 2.24) is 15.0 Å². The van der Waals surface area contributed by atoms with Crippen molar-refractivity contribution in [3.05, 3.63) is 47.8 Å². The molecule has 0 radical (unpaired) electrons. The van der Waals surface area contributed by atoms with Gasteiger partial charge in [0.25, 0.3) is 0 Å². The van der Waals surface area contributed by atoms with E-state index in [4.69, 9.17) is 16.3 Å². The molecule has 0 N–H and O–H groups in total. The fourth-order valence-electron chi connectivity index (χ4n) is 1.42. The molecule has 0 saturated heterocycles. The van der Waals surface area contributed by atoms with Crippen LogP contribution in [0.15, 0.2) is 42.7 Å². The molecule has 100 valence electrons. The molecule has 5 heteroatoms. The van der Waals surface area contributed by atoms with Gasteiger partial charge in [-0.25, -0.2) is 4.68 Å². The first-order valence-electron chi connectivity index (χ1n) is 5.99. The second kappa shape index (κ2) is 5.89. The van der Waals surface area contributed by atoms with E-state index < -0.39 is 0 Å². The highest BCUT2D eigenvalue weighted by molar-refractivity contribution is 6.30. The Bertz CT molecular complexity index is 532. The van der Waals surface area contributed by atoms with Crippen molar-refractivity contribution in [1.29, 1.82) is 0 Å². The van der Waals surface area contributed by atoms with Crippen LogP contribution >= 0.6 is 11.6 Å². The summed E-state index contributed by atoms with van der Waals surface area (Å²) in [6.45, 7) is 4.76. The Morgan fingerprint density at radius 1 is 1.32 bits per heavy atom. The number of benzene rings is 1. The minimum Gasteiger partial charge on any atom is -0.493 e. The molecule has 4 nitrogen and oxygen atoms in total. The molecule has 0 atom stereocenters. The topological polar surface area (TPSA) is 39.9 Å².